The van der Waals surface area contributed by atoms with Gasteiger partial charge in [0.15, 0.2) is 0 Å². The van der Waals surface area contributed by atoms with E-state index in [9.17, 15) is 20.4 Å². The first-order valence-corrected chi connectivity index (χ1v) is 6.44. The van der Waals surface area contributed by atoms with E-state index in [4.69, 9.17) is 0 Å². The summed E-state index contributed by atoms with van der Waals surface area (Å²) in [7, 11) is 0. The summed E-state index contributed by atoms with van der Waals surface area (Å²) in [6.07, 6.45) is 0. The van der Waals surface area contributed by atoms with Gasteiger partial charge in [0.05, 0.1) is 9.79 Å². The van der Waals surface area contributed by atoms with Gasteiger partial charge in [-0.15, -0.1) is 0 Å². The van der Waals surface area contributed by atoms with Crippen LogP contribution in [0.15, 0.2) is 34.1 Å². The predicted octanol–water partition coefficient (Wildman–Crippen LogP) is 3.28. The van der Waals surface area contributed by atoms with Crippen LogP contribution < -0.4 is 0 Å². The molecule has 4 nitrogen and oxygen atoms in total. The standard InChI is InChI=1S/C14H14O4S/c1-7-9(15)3-5-11(13(7)17)19-12-6-4-10(16)8(2)14(12)18/h3-6,15-18H,1-2H3. The lowest BCUT2D eigenvalue weighted by Gasteiger charge is -2.11. The van der Waals surface area contributed by atoms with Gasteiger partial charge in [-0.05, 0) is 38.1 Å². The minimum atomic E-state index is -0.0184. The first-order valence-electron chi connectivity index (χ1n) is 5.62. The molecule has 0 aliphatic rings. The van der Waals surface area contributed by atoms with Gasteiger partial charge in [0.25, 0.3) is 0 Å². The Balaban J connectivity index is 2.43. The zero-order valence-electron chi connectivity index (χ0n) is 10.5. The molecule has 0 aromatic heterocycles. The molecule has 2 rings (SSSR count). The van der Waals surface area contributed by atoms with Crippen LogP contribution in [0.3, 0.4) is 0 Å². The zero-order chi connectivity index (χ0) is 14.2. The zero-order valence-corrected chi connectivity index (χ0v) is 11.3. The Kier molecular flexibility index (Phi) is 3.48. The number of hydrogen-bond donors (Lipinski definition) is 4. The second-order valence-corrected chi connectivity index (χ2v) is 5.30. The molecule has 2 aromatic carbocycles. The second-order valence-electron chi connectivity index (χ2n) is 4.21. The molecule has 0 fully saturated rings. The van der Waals surface area contributed by atoms with Crippen LogP contribution in [0.2, 0.25) is 0 Å². The minimum Gasteiger partial charge on any atom is -0.508 e. The van der Waals surface area contributed by atoms with Gasteiger partial charge in [-0.1, -0.05) is 11.8 Å². The van der Waals surface area contributed by atoms with Crippen molar-refractivity contribution in [3.8, 4) is 23.0 Å². The molecule has 100 valence electrons. The van der Waals surface area contributed by atoms with Crippen LogP contribution in [-0.2, 0) is 0 Å². The normalized spacial score (nSPS) is 10.6. The Morgan fingerprint density at radius 2 is 1.05 bits per heavy atom. The number of phenolic OH excluding ortho intramolecular Hbond substituents is 4. The van der Waals surface area contributed by atoms with E-state index >= 15 is 0 Å². The maximum Gasteiger partial charge on any atom is 0.136 e. The number of aromatic hydroxyl groups is 4. The molecule has 0 radical (unpaired) electrons. The first kappa shape index (κ1) is 13.4. The number of rotatable bonds is 2. The molecule has 0 saturated carbocycles. The van der Waals surface area contributed by atoms with E-state index in [0.717, 1.165) is 11.8 Å². The minimum absolute atomic E-state index is 0.0184. The second kappa shape index (κ2) is 4.93. The highest BCUT2D eigenvalue weighted by Crippen LogP contribution is 2.44. The highest BCUT2D eigenvalue weighted by atomic mass is 32.2. The third-order valence-corrected chi connectivity index (χ3v) is 4.05. The maximum absolute atomic E-state index is 9.94. The van der Waals surface area contributed by atoms with Gasteiger partial charge in [0.1, 0.15) is 23.0 Å². The van der Waals surface area contributed by atoms with Crippen molar-refractivity contribution in [2.45, 2.75) is 23.6 Å². The van der Waals surface area contributed by atoms with E-state index in [1.54, 1.807) is 26.0 Å². The summed E-state index contributed by atoms with van der Waals surface area (Å²) in [5, 5.41) is 38.8. The fraction of sp³-hybridized carbons (Fsp3) is 0.143. The molecule has 0 unspecified atom stereocenters. The Hall–Kier alpha value is -2.01. The Morgan fingerprint density at radius 3 is 1.42 bits per heavy atom. The van der Waals surface area contributed by atoms with Crippen LogP contribution >= 0.6 is 11.8 Å². The summed E-state index contributed by atoms with van der Waals surface area (Å²) < 4.78 is 0. The van der Waals surface area contributed by atoms with Crippen molar-refractivity contribution in [3.63, 3.8) is 0 Å². The Morgan fingerprint density at radius 1 is 0.684 bits per heavy atom. The summed E-state index contributed by atoms with van der Waals surface area (Å²) >= 11 is 1.16. The van der Waals surface area contributed by atoms with E-state index in [2.05, 4.69) is 0 Å². The molecule has 0 aliphatic carbocycles. The van der Waals surface area contributed by atoms with Gasteiger partial charge in [-0.25, -0.2) is 0 Å². The molecular formula is C14H14O4S. The first-order chi connectivity index (χ1) is 8.91. The van der Waals surface area contributed by atoms with Gasteiger partial charge < -0.3 is 20.4 Å². The SMILES string of the molecule is Cc1c(O)ccc(Sc2ccc(O)c(C)c2O)c1O. The lowest BCUT2D eigenvalue weighted by Crippen LogP contribution is -1.84. The number of hydrogen-bond acceptors (Lipinski definition) is 5. The van der Waals surface area contributed by atoms with Crippen molar-refractivity contribution in [2.75, 3.05) is 0 Å². The van der Waals surface area contributed by atoms with Crippen LogP contribution in [-0.4, -0.2) is 20.4 Å². The third kappa shape index (κ3) is 2.42. The van der Waals surface area contributed by atoms with E-state index in [0.29, 0.717) is 20.9 Å². The molecule has 0 saturated heterocycles. The van der Waals surface area contributed by atoms with Gasteiger partial charge in [-0.2, -0.15) is 0 Å². The topological polar surface area (TPSA) is 80.9 Å². The molecule has 0 bridgehead atoms. The van der Waals surface area contributed by atoms with E-state index in [-0.39, 0.29) is 23.0 Å². The molecule has 0 heterocycles. The molecule has 0 aliphatic heterocycles. The summed E-state index contributed by atoms with van der Waals surface area (Å²) in [5.74, 6) is 0.00572. The fourth-order valence-corrected chi connectivity index (χ4v) is 2.62. The summed E-state index contributed by atoms with van der Waals surface area (Å²) in [6.45, 7) is 3.22. The van der Waals surface area contributed by atoms with Crippen LogP contribution in [0, 0.1) is 13.8 Å². The van der Waals surface area contributed by atoms with Crippen LogP contribution in [0.25, 0.3) is 0 Å². The van der Waals surface area contributed by atoms with Gasteiger partial charge in [0, 0.05) is 11.1 Å². The lowest BCUT2D eigenvalue weighted by molar-refractivity contribution is 0.433. The Labute approximate surface area is 115 Å². The van der Waals surface area contributed by atoms with Crippen molar-refractivity contribution in [1.82, 2.24) is 0 Å². The lowest BCUT2D eigenvalue weighted by atomic mass is 10.2. The van der Waals surface area contributed by atoms with E-state index in [1.807, 2.05) is 0 Å². The molecular weight excluding hydrogens is 264 g/mol. The van der Waals surface area contributed by atoms with Gasteiger partial charge >= 0.3 is 0 Å². The molecule has 2 aromatic rings. The van der Waals surface area contributed by atoms with Crippen LogP contribution in [0.4, 0.5) is 0 Å². The average Bonchev–Trinajstić information content (AvgIpc) is 2.39. The highest BCUT2D eigenvalue weighted by molar-refractivity contribution is 7.99. The van der Waals surface area contributed by atoms with Gasteiger partial charge in [0.2, 0.25) is 0 Å². The highest BCUT2D eigenvalue weighted by Gasteiger charge is 2.14. The maximum atomic E-state index is 9.94. The quantitative estimate of drug-likeness (QED) is 0.678. The molecule has 19 heavy (non-hydrogen) atoms. The number of benzene rings is 2. The smallest absolute Gasteiger partial charge is 0.136 e. The number of phenols is 4. The van der Waals surface area contributed by atoms with Crippen molar-refractivity contribution >= 4 is 11.8 Å². The van der Waals surface area contributed by atoms with Crippen molar-refractivity contribution < 1.29 is 20.4 Å². The van der Waals surface area contributed by atoms with Crippen LogP contribution in [0.5, 0.6) is 23.0 Å². The molecule has 0 spiro atoms. The van der Waals surface area contributed by atoms with Crippen molar-refractivity contribution in [1.29, 1.82) is 0 Å². The molecule has 0 atom stereocenters. The molecule has 4 N–H and O–H groups in total. The monoisotopic (exact) mass is 278 g/mol. The van der Waals surface area contributed by atoms with E-state index in [1.165, 1.54) is 12.1 Å². The molecule has 5 heteroatoms. The fourth-order valence-electron chi connectivity index (χ4n) is 1.61. The summed E-state index contributed by atoms with van der Waals surface area (Å²) in [6, 6.07) is 6.12. The molecule has 0 amide bonds. The van der Waals surface area contributed by atoms with Crippen molar-refractivity contribution in [2.24, 2.45) is 0 Å². The van der Waals surface area contributed by atoms with Gasteiger partial charge in [-0.3, -0.25) is 0 Å². The summed E-state index contributed by atoms with van der Waals surface area (Å²) in [5.41, 5.74) is 0.778. The predicted molar refractivity (Wildman–Crippen MR) is 73.1 cm³/mol. The average molecular weight is 278 g/mol. The summed E-state index contributed by atoms with van der Waals surface area (Å²) in [4.78, 5) is 1.05. The Bertz CT molecular complexity index is 582. The van der Waals surface area contributed by atoms with Crippen molar-refractivity contribution in [3.05, 3.63) is 35.4 Å². The largest absolute Gasteiger partial charge is 0.508 e. The third-order valence-electron chi connectivity index (χ3n) is 2.95. The van der Waals surface area contributed by atoms with E-state index < -0.39 is 0 Å². The van der Waals surface area contributed by atoms with Crippen LogP contribution in [0.1, 0.15) is 11.1 Å².